The summed E-state index contributed by atoms with van der Waals surface area (Å²) < 4.78 is 4.74. The van der Waals surface area contributed by atoms with Crippen molar-refractivity contribution in [2.75, 3.05) is 37.0 Å². The Balaban J connectivity index is 1.31. The van der Waals surface area contributed by atoms with Gasteiger partial charge in [0.05, 0.1) is 24.3 Å². The fourth-order valence-corrected chi connectivity index (χ4v) is 5.22. The van der Waals surface area contributed by atoms with Crippen LogP contribution in [0.5, 0.6) is 0 Å². The molecule has 5 rings (SSSR count). The van der Waals surface area contributed by atoms with E-state index in [1.54, 1.807) is 12.4 Å². The van der Waals surface area contributed by atoms with Crippen molar-refractivity contribution in [1.29, 1.82) is 0 Å². The van der Waals surface area contributed by atoms with Crippen molar-refractivity contribution in [2.24, 2.45) is 11.1 Å². The Morgan fingerprint density at radius 3 is 2.82 bits per heavy atom. The summed E-state index contributed by atoms with van der Waals surface area (Å²) in [6, 6.07) is 7.28. The van der Waals surface area contributed by atoms with E-state index in [4.69, 9.17) is 10.5 Å². The molecule has 0 spiro atoms. The van der Waals surface area contributed by atoms with Crippen LogP contribution >= 0.6 is 0 Å². The van der Waals surface area contributed by atoms with Crippen LogP contribution < -0.4 is 16.0 Å². The van der Waals surface area contributed by atoms with Crippen molar-refractivity contribution < 1.29 is 14.3 Å². The van der Waals surface area contributed by atoms with Crippen molar-refractivity contribution in [3.63, 3.8) is 0 Å². The summed E-state index contributed by atoms with van der Waals surface area (Å²) in [6.45, 7) is 1.66. The maximum absolute atomic E-state index is 13.3. The number of benzene rings is 1. The quantitative estimate of drug-likeness (QED) is 0.480. The monoisotopic (exact) mass is 462 g/mol. The van der Waals surface area contributed by atoms with Gasteiger partial charge in [0, 0.05) is 31.0 Å². The Bertz CT molecular complexity index is 1230. The Hall–Kier alpha value is -3.46. The Morgan fingerprint density at radius 2 is 2.06 bits per heavy atom. The molecule has 9 nitrogen and oxygen atoms in total. The number of ether oxygens (including phenoxy) is 1. The van der Waals surface area contributed by atoms with Crippen LogP contribution in [0, 0.1) is 5.41 Å². The van der Waals surface area contributed by atoms with Gasteiger partial charge in [0.15, 0.2) is 0 Å². The first-order valence-corrected chi connectivity index (χ1v) is 11.8. The number of nitrogens with zero attached hydrogens (tertiary/aromatic N) is 3. The number of piperidine rings is 1. The molecule has 1 aromatic carbocycles. The molecule has 1 fully saturated rings. The smallest absolute Gasteiger partial charge is 0.309 e. The fraction of sp³-hybridized carbons (Fsp3) is 0.440. The van der Waals surface area contributed by atoms with Gasteiger partial charge >= 0.3 is 5.97 Å². The number of amides is 1. The molecule has 178 valence electrons. The average Bonchev–Trinajstić information content (AvgIpc) is 3.45. The number of aromatic amines is 1. The molecule has 1 aliphatic heterocycles. The van der Waals surface area contributed by atoms with Crippen molar-refractivity contribution in [3.8, 4) is 0 Å². The van der Waals surface area contributed by atoms with Gasteiger partial charge < -0.3 is 25.7 Å². The predicted octanol–water partition coefficient (Wildman–Crippen LogP) is 2.35. The highest BCUT2D eigenvalue weighted by Crippen LogP contribution is 2.38. The number of nitrogens with one attached hydrogen (secondary N) is 2. The van der Waals surface area contributed by atoms with Crippen molar-refractivity contribution in [2.45, 2.75) is 38.5 Å². The van der Waals surface area contributed by atoms with Gasteiger partial charge in [-0.1, -0.05) is 12.1 Å². The van der Waals surface area contributed by atoms with Crippen LogP contribution in [0.15, 0.2) is 30.6 Å². The van der Waals surface area contributed by atoms with Gasteiger partial charge in [-0.2, -0.15) is 0 Å². The minimum absolute atomic E-state index is 0.0831. The normalized spacial score (nSPS) is 16.9. The SMILES string of the molecule is COC(=O)Cc1cccc(NC(=O)C2(CN)CCN(c3ncnc4[nH]c5c(c34)CCC5)CC2)c1. The highest BCUT2D eigenvalue weighted by Gasteiger charge is 2.41. The average molecular weight is 463 g/mol. The molecule has 0 atom stereocenters. The van der Waals surface area contributed by atoms with Crippen molar-refractivity contribution in [3.05, 3.63) is 47.4 Å². The van der Waals surface area contributed by atoms with Gasteiger partial charge in [-0.15, -0.1) is 0 Å². The molecule has 0 radical (unpaired) electrons. The first-order chi connectivity index (χ1) is 16.5. The van der Waals surface area contributed by atoms with Crippen LogP contribution in [0.25, 0.3) is 11.0 Å². The zero-order valence-corrected chi connectivity index (χ0v) is 19.4. The van der Waals surface area contributed by atoms with Crippen molar-refractivity contribution in [1.82, 2.24) is 15.0 Å². The lowest BCUT2D eigenvalue weighted by Crippen LogP contribution is -2.50. The van der Waals surface area contributed by atoms with E-state index in [-0.39, 0.29) is 24.8 Å². The number of aromatic nitrogens is 3. The Kier molecular flexibility index (Phi) is 5.95. The number of rotatable bonds is 6. The number of carbonyl (C=O) groups excluding carboxylic acids is 2. The number of aryl methyl sites for hydroxylation is 2. The third kappa shape index (κ3) is 4.00. The van der Waals surface area contributed by atoms with E-state index < -0.39 is 5.41 Å². The maximum atomic E-state index is 13.3. The fourth-order valence-electron chi connectivity index (χ4n) is 5.22. The van der Waals surface area contributed by atoms with Gasteiger partial charge in [0.25, 0.3) is 0 Å². The lowest BCUT2D eigenvalue weighted by atomic mass is 9.77. The summed E-state index contributed by atoms with van der Waals surface area (Å²) >= 11 is 0. The molecule has 1 amide bonds. The largest absolute Gasteiger partial charge is 0.469 e. The molecule has 9 heteroatoms. The molecular formula is C25H30N6O3. The summed E-state index contributed by atoms with van der Waals surface area (Å²) in [5, 5.41) is 4.16. The third-order valence-electron chi connectivity index (χ3n) is 7.27. The third-order valence-corrected chi connectivity index (χ3v) is 7.27. The maximum Gasteiger partial charge on any atom is 0.309 e. The van der Waals surface area contributed by atoms with Crippen LogP contribution in [0.4, 0.5) is 11.5 Å². The lowest BCUT2D eigenvalue weighted by molar-refractivity contribution is -0.139. The van der Waals surface area contributed by atoms with Crippen LogP contribution in [0.1, 0.15) is 36.1 Å². The Labute approximate surface area is 198 Å². The first-order valence-electron chi connectivity index (χ1n) is 11.8. The zero-order chi connectivity index (χ0) is 23.7. The van der Waals surface area contributed by atoms with E-state index in [1.165, 1.54) is 18.4 Å². The number of anilines is 2. The Morgan fingerprint density at radius 1 is 1.24 bits per heavy atom. The summed E-state index contributed by atoms with van der Waals surface area (Å²) in [7, 11) is 1.36. The molecule has 4 N–H and O–H groups in total. The second-order valence-corrected chi connectivity index (χ2v) is 9.24. The number of H-pyrrole nitrogens is 1. The topological polar surface area (TPSA) is 126 Å². The molecule has 34 heavy (non-hydrogen) atoms. The van der Waals surface area contributed by atoms with Gasteiger partial charge in [0.1, 0.15) is 17.8 Å². The molecule has 2 aliphatic rings. The van der Waals surface area contributed by atoms with E-state index in [1.807, 2.05) is 18.2 Å². The first kappa shape index (κ1) is 22.3. The molecular weight excluding hydrogens is 432 g/mol. The van der Waals surface area contributed by atoms with Gasteiger partial charge in [0.2, 0.25) is 5.91 Å². The molecule has 0 bridgehead atoms. The van der Waals surface area contributed by atoms with E-state index in [0.717, 1.165) is 41.7 Å². The highest BCUT2D eigenvalue weighted by atomic mass is 16.5. The molecule has 1 saturated heterocycles. The van der Waals surface area contributed by atoms with Crippen LogP contribution in [0.2, 0.25) is 0 Å². The second-order valence-electron chi connectivity index (χ2n) is 9.24. The van der Waals surface area contributed by atoms with E-state index in [9.17, 15) is 9.59 Å². The molecule has 3 heterocycles. The zero-order valence-electron chi connectivity index (χ0n) is 19.4. The van der Waals surface area contributed by atoms with Gasteiger partial charge in [-0.3, -0.25) is 9.59 Å². The number of carbonyl (C=O) groups is 2. The number of nitrogens with two attached hydrogens (primary N) is 1. The van der Waals surface area contributed by atoms with Gasteiger partial charge in [-0.25, -0.2) is 9.97 Å². The van der Waals surface area contributed by atoms with E-state index in [0.29, 0.717) is 31.6 Å². The van der Waals surface area contributed by atoms with Crippen LogP contribution in [-0.4, -0.2) is 53.6 Å². The predicted molar refractivity (Wildman–Crippen MR) is 130 cm³/mol. The van der Waals surface area contributed by atoms with Crippen molar-refractivity contribution >= 4 is 34.4 Å². The van der Waals surface area contributed by atoms with Crippen LogP contribution in [0.3, 0.4) is 0 Å². The summed E-state index contributed by atoms with van der Waals surface area (Å²) in [6.07, 6.45) is 6.30. The number of esters is 1. The van der Waals surface area contributed by atoms with Gasteiger partial charge in [-0.05, 0) is 55.4 Å². The number of fused-ring (bicyclic) bond motifs is 3. The number of methoxy groups -OCH3 is 1. The van der Waals surface area contributed by atoms with E-state index in [2.05, 4.69) is 25.2 Å². The second kappa shape index (κ2) is 9.06. The summed E-state index contributed by atoms with van der Waals surface area (Å²) in [4.78, 5) is 39.7. The molecule has 0 saturated carbocycles. The summed E-state index contributed by atoms with van der Waals surface area (Å²) in [5.41, 5.74) is 10.5. The van der Waals surface area contributed by atoms with Crippen LogP contribution in [-0.2, 0) is 33.6 Å². The minimum Gasteiger partial charge on any atom is -0.469 e. The summed E-state index contributed by atoms with van der Waals surface area (Å²) in [5.74, 6) is 0.548. The molecule has 2 aromatic heterocycles. The number of hydrogen-bond acceptors (Lipinski definition) is 7. The standard InChI is InChI=1S/C25H30N6O3/c1-34-20(32)13-16-4-2-5-17(12-16)29-24(33)25(14-26)8-10-31(11-9-25)23-21-18-6-3-7-19(18)30-22(21)27-15-28-23/h2,4-5,12,15H,3,6-11,13-14,26H2,1H3,(H,29,33)(H,27,28,30). The number of hydrogen-bond donors (Lipinski definition) is 3. The minimum atomic E-state index is -0.652. The molecule has 1 aliphatic carbocycles. The van der Waals surface area contributed by atoms with E-state index >= 15 is 0 Å². The molecule has 0 unspecified atom stereocenters. The lowest BCUT2D eigenvalue weighted by Gasteiger charge is -2.40. The highest BCUT2D eigenvalue weighted by molar-refractivity contribution is 5.96. The molecule has 3 aromatic rings.